The number of hydrogen-bond acceptors (Lipinski definition) is 4. The Morgan fingerprint density at radius 2 is 2.33 bits per heavy atom. The molecule has 0 radical (unpaired) electrons. The van der Waals surface area contributed by atoms with E-state index in [0.717, 1.165) is 0 Å². The molecule has 0 unspecified atom stereocenters. The van der Waals surface area contributed by atoms with Crippen molar-refractivity contribution in [1.82, 2.24) is 4.98 Å². The molecule has 1 fully saturated rings. The van der Waals surface area contributed by atoms with Crippen LogP contribution >= 0.6 is 0 Å². The highest BCUT2D eigenvalue weighted by Crippen LogP contribution is 2.27. The van der Waals surface area contributed by atoms with Crippen molar-refractivity contribution in [2.45, 2.75) is 19.3 Å². The van der Waals surface area contributed by atoms with Gasteiger partial charge in [-0.05, 0) is 34.7 Å². The van der Waals surface area contributed by atoms with Gasteiger partial charge in [-0.3, -0.25) is 0 Å². The Balaban J connectivity index is 1.88. The zero-order chi connectivity index (χ0) is 10.7. The quantitative estimate of drug-likeness (QED) is 0.561. The second-order valence-corrected chi connectivity index (χ2v) is 3.72. The Kier molecular flexibility index (Phi) is 2.80. The fourth-order valence-corrected chi connectivity index (χ4v) is 1.44. The molecule has 0 aromatic carbocycles. The Labute approximate surface area is 87.2 Å². The van der Waals surface area contributed by atoms with Crippen LogP contribution in [0.25, 0.3) is 0 Å². The standard InChI is InChI=1S/C10H12N2O3/c13-12(14)10-5-4-9(6-11-10)15-7-8-2-1-3-8/h4-6,8H,1-3,7H2. The zero-order valence-electron chi connectivity index (χ0n) is 8.26. The largest absolute Gasteiger partial charge is 0.489 e. The molecule has 2 rings (SSSR count). The Morgan fingerprint density at radius 1 is 1.53 bits per heavy atom. The minimum atomic E-state index is -0.518. The van der Waals surface area contributed by atoms with Gasteiger partial charge in [0.05, 0.1) is 6.61 Å². The van der Waals surface area contributed by atoms with E-state index in [9.17, 15) is 10.1 Å². The molecular formula is C10H12N2O3. The predicted octanol–water partition coefficient (Wildman–Crippen LogP) is 2.17. The maximum absolute atomic E-state index is 10.3. The van der Waals surface area contributed by atoms with Gasteiger partial charge in [0.15, 0.2) is 11.9 Å². The molecule has 0 saturated heterocycles. The first-order valence-electron chi connectivity index (χ1n) is 4.99. The monoisotopic (exact) mass is 208 g/mol. The summed E-state index contributed by atoms with van der Waals surface area (Å²) in [4.78, 5) is 13.5. The highest BCUT2D eigenvalue weighted by molar-refractivity contribution is 5.26. The highest BCUT2D eigenvalue weighted by atomic mass is 16.6. The second-order valence-electron chi connectivity index (χ2n) is 3.72. The van der Waals surface area contributed by atoms with Crippen molar-refractivity contribution < 1.29 is 9.66 Å². The van der Waals surface area contributed by atoms with Gasteiger partial charge in [0, 0.05) is 6.07 Å². The maximum atomic E-state index is 10.3. The molecule has 0 amide bonds. The fourth-order valence-electron chi connectivity index (χ4n) is 1.44. The van der Waals surface area contributed by atoms with E-state index in [1.807, 2.05) is 0 Å². The first kappa shape index (κ1) is 9.89. The lowest BCUT2D eigenvalue weighted by Gasteiger charge is -2.24. The highest BCUT2D eigenvalue weighted by Gasteiger charge is 2.18. The van der Waals surface area contributed by atoms with Gasteiger partial charge in [0.2, 0.25) is 0 Å². The van der Waals surface area contributed by atoms with Crippen LogP contribution in [0.2, 0.25) is 0 Å². The molecule has 1 heterocycles. The average Bonchev–Trinajstić information content (AvgIpc) is 2.16. The molecule has 0 atom stereocenters. The molecule has 1 aromatic rings. The van der Waals surface area contributed by atoms with Crippen LogP contribution < -0.4 is 4.74 Å². The summed E-state index contributed by atoms with van der Waals surface area (Å²) >= 11 is 0. The molecule has 5 nitrogen and oxygen atoms in total. The lowest BCUT2D eigenvalue weighted by molar-refractivity contribution is -0.389. The number of pyridine rings is 1. The summed E-state index contributed by atoms with van der Waals surface area (Å²) < 4.78 is 5.46. The molecule has 1 aliphatic carbocycles. The van der Waals surface area contributed by atoms with Gasteiger partial charge in [0.25, 0.3) is 0 Å². The van der Waals surface area contributed by atoms with Gasteiger partial charge in [-0.25, -0.2) is 0 Å². The predicted molar refractivity (Wildman–Crippen MR) is 53.7 cm³/mol. The van der Waals surface area contributed by atoms with Crippen LogP contribution in [0.15, 0.2) is 18.3 Å². The number of nitrogens with zero attached hydrogens (tertiary/aromatic N) is 2. The van der Waals surface area contributed by atoms with Gasteiger partial charge in [-0.15, -0.1) is 0 Å². The Morgan fingerprint density at radius 3 is 2.80 bits per heavy atom. The third-order valence-electron chi connectivity index (χ3n) is 2.62. The summed E-state index contributed by atoms with van der Waals surface area (Å²) in [6, 6.07) is 2.94. The van der Waals surface area contributed by atoms with E-state index in [-0.39, 0.29) is 5.82 Å². The van der Waals surface area contributed by atoms with E-state index in [1.165, 1.54) is 31.5 Å². The van der Waals surface area contributed by atoms with Crippen molar-refractivity contribution in [3.05, 3.63) is 28.4 Å². The molecule has 0 bridgehead atoms. The summed E-state index contributed by atoms with van der Waals surface area (Å²) in [5, 5.41) is 10.3. The second kappa shape index (κ2) is 4.25. The molecule has 1 aliphatic rings. The van der Waals surface area contributed by atoms with Crippen LogP contribution in [0.3, 0.4) is 0 Å². The summed E-state index contributed by atoms with van der Waals surface area (Å²) in [6.45, 7) is 0.694. The minimum absolute atomic E-state index is 0.147. The average molecular weight is 208 g/mol. The lowest BCUT2D eigenvalue weighted by atomic mass is 9.86. The first-order chi connectivity index (χ1) is 7.25. The number of aromatic nitrogens is 1. The smallest absolute Gasteiger partial charge is 0.363 e. The molecule has 5 heteroatoms. The first-order valence-corrected chi connectivity index (χ1v) is 4.99. The van der Waals surface area contributed by atoms with Crippen LogP contribution in [0.5, 0.6) is 5.75 Å². The van der Waals surface area contributed by atoms with Gasteiger partial charge in [0.1, 0.15) is 0 Å². The van der Waals surface area contributed by atoms with Crippen molar-refractivity contribution in [3.63, 3.8) is 0 Å². The van der Waals surface area contributed by atoms with Crippen LogP contribution in [0.4, 0.5) is 5.82 Å². The van der Waals surface area contributed by atoms with Crippen LogP contribution in [0, 0.1) is 16.0 Å². The van der Waals surface area contributed by atoms with E-state index in [0.29, 0.717) is 18.3 Å². The van der Waals surface area contributed by atoms with Crippen molar-refractivity contribution in [2.24, 2.45) is 5.92 Å². The molecule has 0 N–H and O–H groups in total. The van der Waals surface area contributed by atoms with Crippen LogP contribution in [-0.4, -0.2) is 16.5 Å². The Bertz CT molecular complexity index is 346. The van der Waals surface area contributed by atoms with Gasteiger partial charge in [-0.1, -0.05) is 6.42 Å². The molecule has 0 aliphatic heterocycles. The van der Waals surface area contributed by atoms with E-state index >= 15 is 0 Å². The number of ether oxygens (including phenoxy) is 1. The summed E-state index contributed by atoms with van der Waals surface area (Å²) in [6.07, 6.45) is 5.13. The topological polar surface area (TPSA) is 65.3 Å². The lowest BCUT2D eigenvalue weighted by Crippen LogP contribution is -2.19. The third-order valence-corrected chi connectivity index (χ3v) is 2.62. The molecular weight excluding hydrogens is 196 g/mol. The maximum Gasteiger partial charge on any atom is 0.363 e. The summed E-state index contributed by atoms with van der Waals surface area (Å²) in [5.41, 5.74) is 0. The van der Waals surface area contributed by atoms with E-state index in [4.69, 9.17) is 4.74 Å². The van der Waals surface area contributed by atoms with E-state index in [1.54, 1.807) is 6.07 Å². The van der Waals surface area contributed by atoms with Crippen molar-refractivity contribution in [2.75, 3.05) is 6.61 Å². The molecule has 1 aromatic heterocycles. The van der Waals surface area contributed by atoms with Crippen molar-refractivity contribution >= 4 is 5.82 Å². The fraction of sp³-hybridized carbons (Fsp3) is 0.500. The minimum Gasteiger partial charge on any atom is -0.489 e. The SMILES string of the molecule is O=[N+]([O-])c1ccc(OCC2CCC2)cn1. The Hall–Kier alpha value is -1.65. The summed E-state index contributed by atoms with van der Waals surface area (Å²) in [7, 11) is 0. The molecule has 1 saturated carbocycles. The van der Waals surface area contributed by atoms with Crippen molar-refractivity contribution in [3.8, 4) is 5.75 Å². The van der Waals surface area contributed by atoms with Gasteiger partial charge in [-0.2, -0.15) is 0 Å². The van der Waals surface area contributed by atoms with E-state index in [2.05, 4.69) is 4.98 Å². The number of nitro groups is 1. The normalized spacial score (nSPS) is 15.7. The van der Waals surface area contributed by atoms with Gasteiger partial charge >= 0.3 is 5.82 Å². The van der Waals surface area contributed by atoms with Gasteiger partial charge < -0.3 is 14.9 Å². The molecule has 15 heavy (non-hydrogen) atoms. The number of hydrogen-bond donors (Lipinski definition) is 0. The van der Waals surface area contributed by atoms with E-state index < -0.39 is 4.92 Å². The third kappa shape index (κ3) is 2.43. The molecule has 80 valence electrons. The van der Waals surface area contributed by atoms with Crippen molar-refractivity contribution in [1.29, 1.82) is 0 Å². The molecule has 0 spiro atoms. The van der Waals surface area contributed by atoms with Crippen LogP contribution in [0.1, 0.15) is 19.3 Å². The zero-order valence-corrected chi connectivity index (χ0v) is 8.26. The number of rotatable bonds is 4. The summed E-state index contributed by atoms with van der Waals surface area (Å²) in [5.74, 6) is 1.11. The van der Waals surface area contributed by atoms with Crippen LogP contribution in [-0.2, 0) is 0 Å².